The van der Waals surface area contributed by atoms with Crippen LogP contribution in [0.15, 0.2) is 6.33 Å². The predicted octanol–water partition coefficient (Wildman–Crippen LogP) is 0.657. The molecule has 4 atom stereocenters. The number of nitrogen functional groups attached to an aromatic ring is 1. The highest BCUT2D eigenvalue weighted by atomic mass is 35.5. The third-order valence-corrected chi connectivity index (χ3v) is 3.82. The molecule has 0 amide bonds. The standard InChI is InChI=1S/C14H15ClN5O5/c1-5-9(24-6(2)21)10(25-7(3)22)13(23-5)20-4-17-8-11(15)18-14(16)19-12(8)20/h4-5,9-10,13H,1H2,2-3H3,(H2,16,18,19)/t5-,9-,10-,13-/m1/s1. The molecule has 11 heteroatoms. The van der Waals surface area contributed by atoms with Gasteiger partial charge in [-0.05, 0) is 6.92 Å². The fourth-order valence-electron chi connectivity index (χ4n) is 2.67. The van der Waals surface area contributed by atoms with E-state index in [0.717, 1.165) is 0 Å². The SMILES string of the molecule is [CH2][C@H]1O[C@@H](n2cnc3c(Cl)nc(N)nc32)[C@H](OC(C)=O)[C@@H]1OC(C)=O. The second kappa shape index (κ2) is 6.45. The molecule has 133 valence electrons. The number of nitrogens with zero attached hydrogens (tertiary/aromatic N) is 4. The van der Waals surface area contributed by atoms with Gasteiger partial charge in [-0.25, -0.2) is 4.98 Å². The number of imidazole rings is 1. The number of rotatable bonds is 3. The number of anilines is 1. The topological polar surface area (TPSA) is 131 Å². The highest BCUT2D eigenvalue weighted by Gasteiger charge is 2.48. The van der Waals surface area contributed by atoms with Gasteiger partial charge in [0.25, 0.3) is 0 Å². The minimum atomic E-state index is -0.948. The number of ether oxygens (including phenoxy) is 3. The number of carbonyl (C=O) groups excluding carboxylic acids is 2. The van der Waals surface area contributed by atoms with E-state index >= 15 is 0 Å². The maximum Gasteiger partial charge on any atom is 0.303 e. The number of carbonyl (C=O) groups is 2. The highest BCUT2D eigenvalue weighted by molar-refractivity contribution is 6.33. The Bertz CT molecular complexity index is 840. The summed E-state index contributed by atoms with van der Waals surface area (Å²) >= 11 is 6.01. The summed E-state index contributed by atoms with van der Waals surface area (Å²) in [6, 6.07) is 0. The maximum absolute atomic E-state index is 11.5. The molecule has 1 aliphatic heterocycles. The molecule has 1 saturated heterocycles. The molecule has 10 nitrogen and oxygen atoms in total. The van der Waals surface area contributed by atoms with Crippen LogP contribution in [0.3, 0.4) is 0 Å². The Morgan fingerprint density at radius 1 is 1.28 bits per heavy atom. The number of hydrogen-bond acceptors (Lipinski definition) is 9. The Morgan fingerprint density at radius 3 is 2.56 bits per heavy atom. The van der Waals surface area contributed by atoms with Gasteiger partial charge in [0.15, 0.2) is 29.2 Å². The zero-order valence-electron chi connectivity index (χ0n) is 13.4. The molecule has 0 aromatic carbocycles. The van der Waals surface area contributed by atoms with E-state index in [9.17, 15) is 9.59 Å². The quantitative estimate of drug-likeness (QED) is 0.612. The molecule has 1 fully saturated rings. The zero-order valence-corrected chi connectivity index (χ0v) is 14.1. The summed E-state index contributed by atoms with van der Waals surface area (Å²) in [5.41, 5.74) is 6.22. The van der Waals surface area contributed by atoms with Crippen LogP contribution in [-0.2, 0) is 23.8 Å². The van der Waals surface area contributed by atoms with Crippen molar-refractivity contribution in [3.63, 3.8) is 0 Å². The molecule has 25 heavy (non-hydrogen) atoms. The van der Waals surface area contributed by atoms with E-state index < -0.39 is 36.5 Å². The van der Waals surface area contributed by atoms with Crippen LogP contribution in [0.1, 0.15) is 20.1 Å². The molecule has 0 saturated carbocycles. The van der Waals surface area contributed by atoms with Crippen molar-refractivity contribution in [2.45, 2.75) is 38.4 Å². The molecule has 0 aliphatic carbocycles. The average Bonchev–Trinajstić information content (AvgIpc) is 3.02. The van der Waals surface area contributed by atoms with E-state index in [4.69, 9.17) is 31.5 Å². The molecule has 2 aromatic heterocycles. The van der Waals surface area contributed by atoms with Crippen molar-refractivity contribution in [2.24, 2.45) is 0 Å². The first-order valence-electron chi connectivity index (χ1n) is 7.26. The largest absolute Gasteiger partial charge is 0.456 e. The second-order valence-electron chi connectivity index (χ2n) is 5.41. The van der Waals surface area contributed by atoms with Crippen LogP contribution in [0.2, 0.25) is 5.15 Å². The molecule has 2 aromatic rings. The van der Waals surface area contributed by atoms with Crippen LogP contribution in [-0.4, -0.2) is 49.8 Å². The Labute approximate surface area is 147 Å². The normalized spacial score (nSPS) is 25.9. The van der Waals surface area contributed by atoms with Gasteiger partial charge in [0, 0.05) is 13.8 Å². The van der Waals surface area contributed by atoms with Crippen molar-refractivity contribution in [2.75, 3.05) is 5.73 Å². The fraction of sp³-hybridized carbons (Fsp3) is 0.429. The molecule has 3 rings (SSSR count). The van der Waals surface area contributed by atoms with Crippen molar-refractivity contribution >= 4 is 40.7 Å². The molecule has 1 radical (unpaired) electrons. The molecule has 2 N–H and O–H groups in total. The lowest BCUT2D eigenvalue weighted by atomic mass is 10.1. The first-order chi connectivity index (χ1) is 11.8. The van der Waals surface area contributed by atoms with Gasteiger partial charge < -0.3 is 19.9 Å². The molecule has 1 aliphatic rings. The van der Waals surface area contributed by atoms with Gasteiger partial charge >= 0.3 is 11.9 Å². The Kier molecular flexibility index (Phi) is 4.48. The van der Waals surface area contributed by atoms with Crippen molar-refractivity contribution in [3.8, 4) is 0 Å². The first kappa shape index (κ1) is 17.4. The number of esters is 2. The third kappa shape index (κ3) is 3.22. The molecule has 0 spiro atoms. The summed E-state index contributed by atoms with van der Waals surface area (Å²) in [6.45, 7) is 6.28. The van der Waals surface area contributed by atoms with Gasteiger partial charge in [-0.1, -0.05) is 11.6 Å². The smallest absolute Gasteiger partial charge is 0.303 e. The Hall–Kier alpha value is -2.46. The van der Waals surface area contributed by atoms with Crippen LogP contribution in [0.5, 0.6) is 0 Å². The third-order valence-electron chi connectivity index (χ3n) is 3.56. The van der Waals surface area contributed by atoms with Gasteiger partial charge in [0.1, 0.15) is 11.6 Å². The fourth-order valence-corrected chi connectivity index (χ4v) is 2.89. The summed E-state index contributed by atoms with van der Waals surface area (Å²) in [5, 5.41) is 0.0750. The van der Waals surface area contributed by atoms with Gasteiger partial charge in [0.05, 0.1) is 6.33 Å². The lowest BCUT2D eigenvalue weighted by molar-refractivity contribution is -0.165. The molecule has 3 heterocycles. The molecule has 0 unspecified atom stereocenters. The predicted molar refractivity (Wildman–Crippen MR) is 85.1 cm³/mol. The van der Waals surface area contributed by atoms with Crippen molar-refractivity contribution in [1.29, 1.82) is 0 Å². The van der Waals surface area contributed by atoms with E-state index in [1.54, 1.807) is 0 Å². The monoisotopic (exact) mass is 368 g/mol. The summed E-state index contributed by atoms with van der Waals surface area (Å²) in [7, 11) is 0. The second-order valence-corrected chi connectivity index (χ2v) is 5.77. The molecule has 0 bridgehead atoms. The molecular formula is C14H15ClN5O5. The lowest BCUT2D eigenvalue weighted by Crippen LogP contribution is -2.38. The molecular weight excluding hydrogens is 354 g/mol. The maximum atomic E-state index is 11.5. The van der Waals surface area contributed by atoms with Crippen LogP contribution < -0.4 is 5.73 Å². The number of halogens is 1. The lowest BCUT2D eigenvalue weighted by Gasteiger charge is -2.23. The van der Waals surface area contributed by atoms with E-state index in [1.807, 2.05) is 0 Å². The van der Waals surface area contributed by atoms with Crippen molar-refractivity contribution in [1.82, 2.24) is 19.5 Å². The van der Waals surface area contributed by atoms with Gasteiger partial charge in [-0.15, -0.1) is 0 Å². The van der Waals surface area contributed by atoms with Crippen LogP contribution in [0.4, 0.5) is 5.95 Å². The number of aromatic nitrogens is 4. The van der Waals surface area contributed by atoms with E-state index in [2.05, 4.69) is 21.9 Å². The van der Waals surface area contributed by atoms with Gasteiger partial charge in [0.2, 0.25) is 5.95 Å². The van der Waals surface area contributed by atoms with E-state index in [-0.39, 0.29) is 16.7 Å². The minimum absolute atomic E-state index is 0.0519. The zero-order chi connectivity index (χ0) is 18.3. The van der Waals surface area contributed by atoms with Crippen LogP contribution in [0.25, 0.3) is 11.2 Å². The van der Waals surface area contributed by atoms with Gasteiger partial charge in [-0.2, -0.15) is 9.97 Å². The number of nitrogens with two attached hydrogens (primary N) is 1. The van der Waals surface area contributed by atoms with Crippen molar-refractivity contribution in [3.05, 3.63) is 18.4 Å². The summed E-state index contributed by atoms with van der Waals surface area (Å²) in [5.74, 6) is -1.17. The number of hydrogen-bond donors (Lipinski definition) is 1. The first-order valence-corrected chi connectivity index (χ1v) is 7.64. The number of fused-ring (bicyclic) bond motifs is 1. The Morgan fingerprint density at radius 2 is 1.92 bits per heavy atom. The highest BCUT2D eigenvalue weighted by Crippen LogP contribution is 2.35. The van der Waals surface area contributed by atoms with E-state index in [1.165, 1.54) is 24.7 Å². The summed E-state index contributed by atoms with van der Waals surface area (Å²) in [6.07, 6.45) is -2.10. The van der Waals surface area contributed by atoms with E-state index in [0.29, 0.717) is 5.52 Å². The van der Waals surface area contributed by atoms with Gasteiger partial charge in [-0.3, -0.25) is 14.2 Å². The Balaban J connectivity index is 2.05. The minimum Gasteiger partial charge on any atom is -0.456 e. The average molecular weight is 369 g/mol. The van der Waals surface area contributed by atoms with Crippen molar-refractivity contribution < 1.29 is 23.8 Å². The summed E-state index contributed by atoms with van der Waals surface area (Å²) in [4.78, 5) is 34.9. The van der Waals surface area contributed by atoms with Crippen LogP contribution >= 0.6 is 11.6 Å². The summed E-state index contributed by atoms with van der Waals surface area (Å²) < 4.78 is 17.7. The van der Waals surface area contributed by atoms with Crippen LogP contribution in [0, 0.1) is 6.92 Å².